The van der Waals surface area contributed by atoms with Gasteiger partial charge in [0.2, 0.25) is 5.91 Å². The van der Waals surface area contributed by atoms with Crippen LogP contribution in [0.4, 0.5) is 0 Å². The van der Waals surface area contributed by atoms with Crippen LogP contribution in [-0.2, 0) is 27.3 Å². The van der Waals surface area contributed by atoms with Crippen molar-refractivity contribution in [1.29, 1.82) is 0 Å². The predicted molar refractivity (Wildman–Crippen MR) is 140 cm³/mol. The minimum absolute atomic E-state index is 0.0931. The molecule has 196 valence electrons. The maximum absolute atomic E-state index is 13.2. The molecular weight excluding hydrogens is 465 g/mol. The van der Waals surface area contributed by atoms with Gasteiger partial charge in [-0.25, -0.2) is 0 Å². The molecule has 3 aliphatic heterocycles. The summed E-state index contributed by atoms with van der Waals surface area (Å²) in [6, 6.07) is 6.76. The van der Waals surface area contributed by atoms with Gasteiger partial charge in [-0.3, -0.25) is 19.3 Å². The summed E-state index contributed by atoms with van der Waals surface area (Å²) in [5.74, 6) is 0.524. The van der Waals surface area contributed by atoms with Crippen molar-refractivity contribution in [2.75, 3.05) is 27.3 Å². The summed E-state index contributed by atoms with van der Waals surface area (Å²) in [6.07, 6.45) is 8.86. The Balaban J connectivity index is 1.15. The Morgan fingerprint density at radius 1 is 1.16 bits per heavy atom. The molecule has 6 atom stereocenters. The molecule has 1 aromatic carbocycles. The number of likely N-dealkylation sites (tertiary alicyclic amines) is 1. The molecule has 37 heavy (non-hydrogen) atoms. The minimum Gasteiger partial charge on any atom is -0.381 e. The van der Waals surface area contributed by atoms with Gasteiger partial charge in [-0.15, -0.1) is 0 Å². The smallest absolute Gasteiger partial charge is 0.255 e. The lowest BCUT2D eigenvalue weighted by molar-refractivity contribution is -0.150. The van der Waals surface area contributed by atoms with Crippen molar-refractivity contribution in [3.63, 3.8) is 0 Å². The Morgan fingerprint density at radius 3 is 2.78 bits per heavy atom. The third-order valence-corrected chi connectivity index (χ3v) is 10.1. The van der Waals surface area contributed by atoms with Crippen molar-refractivity contribution in [2.45, 2.75) is 87.8 Å². The van der Waals surface area contributed by atoms with Crippen LogP contribution in [0, 0.1) is 11.8 Å². The Morgan fingerprint density at radius 2 is 1.97 bits per heavy atom. The highest BCUT2D eigenvalue weighted by molar-refractivity contribution is 6.16. The van der Waals surface area contributed by atoms with Crippen LogP contribution in [-0.4, -0.2) is 85.7 Å². The highest BCUT2D eigenvalue weighted by Crippen LogP contribution is 2.53. The van der Waals surface area contributed by atoms with E-state index in [0.29, 0.717) is 55.5 Å². The molecule has 3 heterocycles. The monoisotopic (exact) mass is 503 g/mol. The number of carbonyl (C=O) groups excluding carboxylic acids is 3. The average Bonchev–Trinajstić information content (AvgIpc) is 3.51. The average molecular weight is 503 g/mol. The lowest BCUT2D eigenvalue weighted by Crippen LogP contribution is -2.53. The van der Waals surface area contributed by atoms with E-state index in [-0.39, 0.29) is 23.0 Å². The van der Waals surface area contributed by atoms with Crippen molar-refractivity contribution in [2.24, 2.45) is 11.8 Å². The Bertz CT molecular complexity index is 1110. The SMILES string of the molecule is [B][C@]12COC[C@H]1CC(N(C)C1CCCC[C@@H]1Cc1ccc3c(c1)CN(C1CCC(=O)N(C)C1=O)C3=O)C2. The minimum atomic E-state index is -0.551. The van der Waals surface area contributed by atoms with Gasteiger partial charge in [0.05, 0.1) is 7.85 Å². The van der Waals surface area contributed by atoms with Crippen molar-refractivity contribution >= 4 is 25.6 Å². The van der Waals surface area contributed by atoms with Gasteiger partial charge in [-0.1, -0.05) is 25.0 Å². The summed E-state index contributed by atoms with van der Waals surface area (Å²) in [6.45, 7) is 1.94. The van der Waals surface area contributed by atoms with Crippen LogP contribution >= 0.6 is 0 Å². The number of piperidine rings is 1. The van der Waals surface area contributed by atoms with E-state index in [0.717, 1.165) is 31.4 Å². The van der Waals surface area contributed by atoms with Gasteiger partial charge in [-0.2, -0.15) is 0 Å². The van der Waals surface area contributed by atoms with E-state index in [4.69, 9.17) is 12.6 Å². The molecule has 6 rings (SSSR count). The molecule has 4 fully saturated rings. The van der Waals surface area contributed by atoms with Crippen LogP contribution in [0.2, 0.25) is 5.31 Å². The van der Waals surface area contributed by atoms with Crippen LogP contribution in [0.25, 0.3) is 0 Å². The van der Waals surface area contributed by atoms with Gasteiger partial charge in [0.15, 0.2) is 0 Å². The number of rotatable bonds is 5. The lowest BCUT2D eigenvalue weighted by Gasteiger charge is -2.42. The number of benzene rings is 1. The van der Waals surface area contributed by atoms with E-state index >= 15 is 0 Å². The van der Waals surface area contributed by atoms with Crippen LogP contribution in [0.5, 0.6) is 0 Å². The fourth-order valence-electron chi connectivity index (χ4n) is 7.86. The summed E-state index contributed by atoms with van der Waals surface area (Å²) in [4.78, 5) is 43.3. The summed E-state index contributed by atoms with van der Waals surface area (Å²) in [5.41, 5.74) is 2.97. The van der Waals surface area contributed by atoms with Crippen LogP contribution < -0.4 is 0 Å². The second kappa shape index (κ2) is 9.53. The van der Waals surface area contributed by atoms with Crippen LogP contribution in [0.3, 0.4) is 0 Å². The molecule has 2 saturated carbocycles. The zero-order valence-electron chi connectivity index (χ0n) is 22.2. The van der Waals surface area contributed by atoms with E-state index in [9.17, 15) is 14.4 Å². The van der Waals surface area contributed by atoms with E-state index in [2.05, 4.69) is 24.1 Å². The second-order valence-electron chi connectivity index (χ2n) is 12.3. The first-order valence-electron chi connectivity index (χ1n) is 14.1. The molecule has 2 aliphatic carbocycles. The van der Waals surface area contributed by atoms with Gasteiger partial charge in [-0.05, 0) is 79.9 Å². The highest BCUT2D eigenvalue weighted by Gasteiger charge is 2.49. The third kappa shape index (κ3) is 4.34. The van der Waals surface area contributed by atoms with Crippen LogP contribution in [0.15, 0.2) is 18.2 Å². The molecule has 0 spiro atoms. The van der Waals surface area contributed by atoms with Gasteiger partial charge in [0.1, 0.15) is 6.04 Å². The summed E-state index contributed by atoms with van der Waals surface area (Å²) in [7, 11) is 10.5. The predicted octanol–water partition coefficient (Wildman–Crippen LogP) is 2.96. The number of hydrogen-bond acceptors (Lipinski definition) is 5. The third-order valence-electron chi connectivity index (χ3n) is 10.1. The van der Waals surface area contributed by atoms with E-state index < -0.39 is 6.04 Å². The number of ether oxygens (including phenoxy) is 1. The number of hydrogen-bond donors (Lipinski definition) is 0. The molecule has 3 unspecified atom stereocenters. The molecular formula is C29H38BN3O4. The molecule has 0 N–H and O–H groups in total. The van der Waals surface area contributed by atoms with Crippen LogP contribution in [0.1, 0.15) is 72.9 Å². The fourth-order valence-corrected chi connectivity index (χ4v) is 7.86. The standard InChI is InChI=1S/C29H38BN3O4/c1-31(22-13-21-16-37-17-29(21,30)14-22)24-6-4-3-5-19(24)11-18-7-8-23-20(12-18)15-33(27(23)35)25-9-10-26(34)32(2)28(25)36/h7-8,12,19,21-22,24-25H,3-6,9-11,13-17H2,1-2H3/t19-,21-,22?,24?,25?,29-/m1/s1. The van der Waals surface area contributed by atoms with Crippen molar-refractivity contribution in [3.8, 4) is 0 Å². The number of likely N-dealkylation sites (N-methyl/N-ethyl adjacent to an activating group) is 1. The van der Waals surface area contributed by atoms with Gasteiger partial charge in [0, 0.05) is 50.9 Å². The van der Waals surface area contributed by atoms with Gasteiger partial charge < -0.3 is 14.5 Å². The fraction of sp³-hybridized carbons (Fsp3) is 0.690. The molecule has 0 bridgehead atoms. The first-order valence-corrected chi connectivity index (χ1v) is 14.1. The first kappa shape index (κ1) is 25.1. The maximum atomic E-state index is 13.2. The second-order valence-corrected chi connectivity index (χ2v) is 12.3. The topological polar surface area (TPSA) is 70.2 Å². The largest absolute Gasteiger partial charge is 0.381 e. The Kier molecular flexibility index (Phi) is 6.47. The summed E-state index contributed by atoms with van der Waals surface area (Å²) < 4.78 is 5.69. The molecule has 3 amide bonds. The lowest BCUT2D eigenvalue weighted by atomic mass is 9.64. The molecule has 8 heteroatoms. The zero-order chi connectivity index (χ0) is 25.9. The van der Waals surface area contributed by atoms with E-state index in [1.165, 1.54) is 43.2 Å². The Labute approximate surface area is 221 Å². The number of amides is 3. The summed E-state index contributed by atoms with van der Waals surface area (Å²) in [5, 5.41) is -0.150. The van der Waals surface area contributed by atoms with Gasteiger partial charge >= 0.3 is 0 Å². The zero-order valence-corrected chi connectivity index (χ0v) is 22.2. The molecule has 2 radical (unpaired) electrons. The number of carbonyl (C=O) groups is 3. The summed E-state index contributed by atoms with van der Waals surface area (Å²) >= 11 is 0. The number of nitrogens with zero attached hydrogens (tertiary/aromatic N) is 3. The van der Waals surface area contributed by atoms with Crippen molar-refractivity contribution < 1.29 is 19.1 Å². The van der Waals surface area contributed by atoms with Gasteiger partial charge in [0.25, 0.3) is 11.8 Å². The number of imide groups is 1. The van der Waals surface area contributed by atoms with E-state index in [1.807, 2.05) is 6.07 Å². The number of fused-ring (bicyclic) bond motifs is 2. The Hall–Kier alpha value is -2.19. The first-order chi connectivity index (χ1) is 17.7. The van der Waals surface area contributed by atoms with Crippen molar-refractivity contribution in [3.05, 3.63) is 34.9 Å². The molecule has 5 aliphatic rings. The highest BCUT2D eigenvalue weighted by atomic mass is 16.5. The van der Waals surface area contributed by atoms with Crippen molar-refractivity contribution in [1.82, 2.24) is 14.7 Å². The molecule has 7 nitrogen and oxygen atoms in total. The molecule has 1 aromatic rings. The quantitative estimate of drug-likeness (QED) is 0.457. The maximum Gasteiger partial charge on any atom is 0.255 e. The molecule has 2 saturated heterocycles. The van der Waals surface area contributed by atoms with E-state index in [1.54, 1.807) is 4.90 Å². The normalized spacial score (nSPS) is 36.0. The molecule has 0 aromatic heterocycles.